The van der Waals surface area contributed by atoms with Crippen LogP contribution in [0.15, 0.2) is 34.9 Å². The summed E-state index contributed by atoms with van der Waals surface area (Å²) >= 11 is 0. The molecule has 1 aromatic rings. The maximum absolute atomic E-state index is 13.0. The molecule has 6 heteroatoms. The van der Waals surface area contributed by atoms with Crippen LogP contribution in [0, 0.1) is 17.2 Å². The van der Waals surface area contributed by atoms with Gasteiger partial charge in [0.25, 0.3) is 11.8 Å². The zero-order chi connectivity index (χ0) is 21.7. The molecule has 1 aliphatic heterocycles. The summed E-state index contributed by atoms with van der Waals surface area (Å²) in [5.41, 5.74) is 1.44. The molecule has 0 radical (unpaired) electrons. The SMILES string of the molecule is CCC(C)N1C(=O)C(C#N)=C(C)/C(=C\c2ccc(OCC(C)C)c(OC)c2)C1=O. The summed E-state index contributed by atoms with van der Waals surface area (Å²) in [7, 11) is 1.56. The smallest absolute Gasteiger partial charge is 0.271 e. The zero-order valence-electron chi connectivity index (χ0n) is 17.9. The van der Waals surface area contributed by atoms with Crippen LogP contribution >= 0.6 is 0 Å². The predicted molar refractivity (Wildman–Crippen MR) is 111 cm³/mol. The van der Waals surface area contributed by atoms with Crippen molar-refractivity contribution in [3.63, 3.8) is 0 Å². The number of imide groups is 1. The van der Waals surface area contributed by atoms with Gasteiger partial charge in [0.1, 0.15) is 11.6 Å². The van der Waals surface area contributed by atoms with Crippen molar-refractivity contribution in [3.8, 4) is 17.6 Å². The summed E-state index contributed by atoms with van der Waals surface area (Å²) in [4.78, 5) is 26.8. The van der Waals surface area contributed by atoms with Gasteiger partial charge in [-0.05, 0) is 55.5 Å². The van der Waals surface area contributed by atoms with E-state index in [1.165, 1.54) is 4.90 Å². The Bertz CT molecular complexity index is 906. The van der Waals surface area contributed by atoms with Crippen LogP contribution in [0.5, 0.6) is 11.5 Å². The van der Waals surface area contributed by atoms with E-state index in [0.717, 1.165) is 5.56 Å². The van der Waals surface area contributed by atoms with Gasteiger partial charge in [0, 0.05) is 11.6 Å². The predicted octanol–water partition coefficient (Wildman–Crippen LogP) is 4.12. The Kier molecular flexibility index (Phi) is 7.22. The third kappa shape index (κ3) is 4.68. The number of hydrogen-bond acceptors (Lipinski definition) is 5. The highest BCUT2D eigenvalue weighted by atomic mass is 16.5. The number of amides is 2. The first-order chi connectivity index (χ1) is 13.7. The molecule has 0 spiro atoms. The van der Waals surface area contributed by atoms with Crippen molar-refractivity contribution < 1.29 is 19.1 Å². The largest absolute Gasteiger partial charge is 0.493 e. The van der Waals surface area contributed by atoms with Gasteiger partial charge >= 0.3 is 0 Å². The van der Waals surface area contributed by atoms with Gasteiger partial charge in [0.05, 0.1) is 13.7 Å². The molecule has 1 aliphatic rings. The molecule has 1 unspecified atom stereocenters. The lowest BCUT2D eigenvalue weighted by atomic mass is 9.92. The number of ether oxygens (including phenoxy) is 2. The number of hydrogen-bond donors (Lipinski definition) is 0. The monoisotopic (exact) mass is 396 g/mol. The average Bonchev–Trinajstić information content (AvgIpc) is 2.69. The second-order valence-corrected chi connectivity index (χ2v) is 7.52. The van der Waals surface area contributed by atoms with Gasteiger partial charge < -0.3 is 9.47 Å². The first-order valence-corrected chi connectivity index (χ1v) is 9.76. The zero-order valence-corrected chi connectivity index (χ0v) is 17.9. The Balaban J connectivity index is 2.51. The Hall–Kier alpha value is -3.07. The van der Waals surface area contributed by atoms with Gasteiger partial charge in [-0.1, -0.05) is 26.8 Å². The Labute approximate surface area is 172 Å². The molecule has 0 fully saturated rings. The maximum atomic E-state index is 13.0. The van der Waals surface area contributed by atoms with Crippen LogP contribution in [0.4, 0.5) is 0 Å². The average molecular weight is 396 g/mol. The number of nitriles is 1. The number of benzene rings is 1. The molecule has 0 N–H and O–H groups in total. The van der Waals surface area contributed by atoms with Gasteiger partial charge in [-0.2, -0.15) is 5.26 Å². The van der Waals surface area contributed by atoms with Crippen LogP contribution in [0.25, 0.3) is 6.08 Å². The van der Waals surface area contributed by atoms with Crippen LogP contribution in [0.3, 0.4) is 0 Å². The maximum Gasteiger partial charge on any atom is 0.271 e. The van der Waals surface area contributed by atoms with Gasteiger partial charge in [-0.25, -0.2) is 0 Å². The van der Waals surface area contributed by atoms with E-state index < -0.39 is 5.91 Å². The molecule has 6 nitrogen and oxygen atoms in total. The minimum atomic E-state index is -0.531. The van der Waals surface area contributed by atoms with E-state index in [4.69, 9.17) is 9.47 Å². The molecule has 2 rings (SSSR count). The number of rotatable bonds is 7. The molecule has 0 aromatic heterocycles. The number of carbonyl (C=O) groups is 2. The van der Waals surface area contributed by atoms with Crippen molar-refractivity contribution in [1.82, 2.24) is 4.90 Å². The molecule has 2 amide bonds. The third-order valence-electron chi connectivity index (χ3n) is 4.88. The summed E-state index contributed by atoms with van der Waals surface area (Å²) < 4.78 is 11.2. The molecule has 0 aliphatic carbocycles. The fourth-order valence-corrected chi connectivity index (χ4v) is 3.00. The molecule has 1 atom stereocenters. The fraction of sp³-hybridized carbons (Fsp3) is 0.435. The second-order valence-electron chi connectivity index (χ2n) is 7.52. The standard InChI is InChI=1S/C23H28N2O4/c1-7-15(4)25-22(26)18(16(5)19(12-24)23(25)27)10-17-8-9-20(21(11-17)28-6)29-13-14(2)3/h8-11,14-15H,7,13H2,1-6H3/b18-10+. The fourth-order valence-electron chi connectivity index (χ4n) is 3.00. The van der Waals surface area contributed by atoms with Crippen LogP contribution in [0.1, 0.15) is 46.6 Å². The van der Waals surface area contributed by atoms with Crippen molar-refractivity contribution >= 4 is 17.9 Å². The molecule has 0 saturated heterocycles. The van der Waals surface area contributed by atoms with Crippen molar-refractivity contribution in [1.29, 1.82) is 5.26 Å². The van der Waals surface area contributed by atoms with Gasteiger partial charge in [-0.15, -0.1) is 0 Å². The van der Waals surface area contributed by atoms with Crippen LogP contribution in [0.2, 0.25) is 0 Å². The quantitative estimate of drug-likeness (QED) is 0.512. The third-order valence-corrected chi connectivity index (χ3v) is 4.88. The lowest BCUT2D eigenvalue weighted by Crippen LogP contribution is -2.47. The minimum Gasteiger partial charge on any atom is -0.493 e. The van der Waals surface area contributed by atoms with E-state index >= 15 is 0 Å². The number of nitrogens with zero attached hydrogens (tertiary/aromatic N) is 2. The van der Waals surface area contributed by atoms with E-state index in [1.54, 1.807) is 39.2 Å². The molecule has 0 bridgehead atoms. The van der Waals surface area contributed by atoms with Gasteiger partial charge in [-0.3, -0.25) is 14.5 Å². The lowest BCUT2D eigenvalue weighted by Gasteiger charge is -2.31. The molecule has 154 valence electrons. The first-order valence-electron chi connectivity index (χ1n) is 9.76. The summed E-state index contributed by atoms with van der Waals surface area (Å²) in [5, 5.41) is 9.47. The minimum absolute atomic E-state index is 0.00000174. The summed E-state index contributed by atoms with van der Waals surface area (Å²) in [6.45, 7) is 10.0. The van der Waals surface area contributed by atoms with E-state index in [2.05, 4.69) is 13.8 Å². The van der Waals surface area contributed by atoms with Gasteiger partial charge in [0.2, 0.25) is 0 Å². The second kappa shape index (κ2) is 9.42. The molecule has 29 heavy (non-hydrogen) atoms. The van der Waals surface area contributed by atoms with Crippen LogP contribution < -0.4 is 9.47 Å². The molecule has 1 aromatic carbocycles. The van der Waals surface area contributed by atoms with Crippen LogP contribution in [-0.2, 0) is 9.59 Å². The van der Waals surface area contributed by atoms with Crippen molar-refractivity contribution in [2.45, 2.75) is 47.1 Å². The van der Waals surface area contributed by atoms with Gasteiger partial charge in [0.15, 0.2) is 11.5 Å². The van der Waals surface area contributed by atoms with E-state index in [1.807, 2.05) is 19.1 Å². The van der Waals surface area contributed by atoms with E-state index in [-0.39, 0.29) is 17.5 Å². The van der Waals surface area contributed by atoms with Crippen molar-refractivity contribution in [3.05, 3.63) is 40.5 Å². The summed E-state index contributed by atoms with van der Waals surface area (Å²) in [6, 6.07) is 7.06. The molecular formula is C23H28N2O4. The normalized spacial score (nSPS) is 17.0. The molecule has 0 saturated carbocycles. The highest BCUT2D eigenvalue weighted by Crippen LogP contribution is 2.32. The topological polar surface area (TPSA) is 79.6 Å². The number of carbonyl (C=O) groups excluding carboxylic acids is 2. The summed E-state index contributed by atoms with van der Waals surface area (Å²) in [5.74, 6) is 0.638. The first kappa shape index (κ1) is 22.2. The Morgan fingerprint density at radius 2 is 1.86 bits per heavy atom. The van der Waals surface area contributed by atoms with Crippen LogP contribution in [-0.4, -0.2) is 36.5 Å². The summed E-state index contributed by atoms with van der Waals surface area (Å²) in [6.07, 6.45) is 2.30. The highest BCUT2D eigenvalue weighted by Gasteiger charge is 2.37. The lowest BCUT2D eigenvalue weighted by molar-refractivity contribution is -0.142. The number of methoxy groups -OCH3 is 1. The molecule has 1 heterocycles. The van der Waals surface area contributed by atoms with E-state index in [0.29, 0.717) is 41.6 Å². The molecular weight excluding hydrogens is 368 g/mol. The highest BCUT2D eigenvalue weighted by molar-refractivity contribution is 6.19. The Morgan fingerprint density at radius 3 is 2.41 bits per heavy atom. The van der Waals surface area contributed by atoms with Crippen molar-refractivity contribution in [2.75, 3.05) is 13.7 Å². The van der Waals surface area contributed by atoms with Crippen molar-refractivity contribution in [2.24, 2.45) is 5.92 Å². The Morgan fingerprint density at radius 1 is 1.17 bits per heavy atom. The van der Waals surface area contributed by atoms with E-state index in [9.17, 15) is 14.9 Å².